The lowest BCUT2D eigenvalue weighted by Crippen LogP contribution is -2.13. The summed E-state index contributed by atoms with van der Waals surface area (Å²) in [7, 11) is -4.21. The number of carbonyl (C=O) groups is 1. The van der Waals surface area contributed by atoms with Gasteiger partial charge in [0.15, 0.2) is 11.5 Å². The van der Waals surface area contributed by atoms with Gasteiger partial charge in [-0.1, -0.05) is 30.3 Å². The third kappa shape index (κ3) is 3.97. The minimum Gasteiger partial charge on any atom is -0.504 e. The molecule has 1 heterocycles. The van der Waals surface area contributed by atoms with Crippen molar-refractivity contribution in [3.8, 4) is 23.0 Å². The first-order chi connectivity index (χ1) is 15.3. The van der Waals surface area contributed by atoms with E-state index in [2.05, 4.69) is 0 Å². The van der Waals surface area contributed by atoms with Crippen LogP contribution in [0, 0.1) is 0 Å². The average Bonchev–Trinajstić information content (AvgIpc) is 3.11. The highest BCUT2D eigenvalue weighted by Gasteiger charge is 2.26. The number of aromatic nitrogens is 1. The molecule has 0 aliphatic carbocycles. The van der Waals surface area contributed by atoms with Crippen LogP contribution in [-0.4, -0.2) is 33.7 Å². The van der Waals surface area contributed by atoms with E-state index in [1.54, 1.807) is 36.4 Å². The van der Waals surface area contributed by atoms with Crippen molar-refractivity contribution < 1.29 is 33.3 Å². The van der Waals surface area contributed by atoms with Crippen molar-refractivity contribution in [2.75, 3.05) is 0 Å². The Morgan fingerprint density at radius 1 is 0.938 bits per heavy atom. The van der Waals surface area contributed by atoms with Gasteiger partial charge in [-0.25, -0.2) is 12.4 Å². The fourth-order valence-electron chi connectivity index (χ4n) is 3.39. The number of aromatic hydroxyl groups is 2. The van der Waals surface area contributed by atoms with Crippen molar-refractivity contribution in [2.24, 2.45) is 0 Å². The summed E-state index contributed by atoms with van der Waals surface area (Å²) in [5.41, 5.74) is 0.512. The lowest BCUT2D eigenvalue weighted by Gasteiger charge is -2.13. The Kier molecular flexibility index (Phi) is 5.50. The van der Waals surface area contributed by atoms with Crippen LogP contribution in [0.3, 0.4) is 0 Å². The van der Waals surface area contributed by atoms with Gasteiger partial charge in [-0.15, -0.1) is 0 Å². The lowest BCUT2D eigenvalue weighted by molar-refractivity contribution is -0.136. The monoisotopic (exact) mass is 453 g/mol. The number of phenols is 2. The molecule has 3 aromatic carbocycles. The van der Waals surface area contributed by atoms with E-state index in [4.69, 9.17) is 9.84 Å². The summed E-state index contributed by atoms with van der Waals surface area (Å²) in [5, 5.41) is 29.3. The van der Waals surface area contributed by atoms with Crippen LogP contribution in [0.1, 0.15) is 12.0 Å². The molecule has 0 unspecified atom stereocenters. The van der Waals surface area contributed by atoms with Crippen LogP contribution >= 0.6 is 0 Å². The number of hydrogen-bond donors (Lipinski definition) is 3. The van der Waals surface area contributed by atoms with E-state index >= 15 is 0 Å². The third-order valence-corrected chi connectivity index (χ3v) is 6.63. The van der Waals surface area contributed by atoms with Gasteiger partial charge in [0, 0.05) is 24.1 Å². The highest BCUT2D eigenvalue weighted by molar-refractivity contribution is 7.90. The number of rotatable bonds is 7. The number of aryl methyl sites for hydroxylation is 1. The van der Waals surface area contributed by atoms with Crippen LogP contribution in [0.15, 0.2) is 77.8 Å². The highest BCUT2D eigenvalue weighted by Crippen LogP contribution is 2.37. The molecule has 0 atom stereocenters. The molecule has 0 saturated carbocycles. The maximum Gasteiger partial charge on any atom is 0.303 e. The fourth-order valence-corrected chi connectivity index (χ4v) is 4.90. The highest BCUT2D eigenvalue weighted by atomic mass is 32.2. The molecule has 9 heteroatoms. The first-order valence-electron chi connectivity index (χ1n) is 9.62. The Morgan fingerprint density at radius 3 is 2.31 bits per heavy atom. The molecule has 32 heavy (non-hydrogen) atoms. The van der Waals surface area contributed by atoms with Gasteiger partial charge < -0.3 is 20.1 Å². The maximum absolute atomic E-state index is 13.6. The Hall–Kier alpha value is -3.98. The first kappa shape index (κ1) is 21.3. The van der Waals surface area contributed by atoms with Crippen LogP contribution in [0.5, 0.6) is 23.0 Å². The van der Waals surface area contributed by atoms with Crippen LogP contribution in [0.4, 0.5) is 0 Å². The Bertz CT molecular complexity index is 1410. The quantitative estimate of drug-likeness (QED) is 0.360. The summed E-state index contributed by atoms with van der Waals surface area (Å²) >= 11 is 0. The molecule has 0 bridgehead atoms. The molecule has 1 aromatic heterocycles. The Labute approximate surface area is 183 Å². The van der Waals surface area contributed by atoms with E-state index in [9.17, 15) is 23.4 Å². The zero-order valence-corrected chi connectivity index (χ0v) is 17.5. The van der Waals surface area contributed by atoms with E-state index in [0.29, 0.717) is 16.7 Å². The van der Waals surface area contributed by atoms with Crippen LogP contribution in [0.25, 0.3) is 10.9 Å². The number of fused-ring (bicyclic) bond motifs is 1. The average molecular weight is 453 g/mol. The number of nitrogens with zero attached hydrogens (tertiary/aromatic N) is 1. The largest absolute Gasteiger partial charge is 0.504 e. The molecule has 164 valence electrons. The zero-order chi connectivity index (χ0) is 22.9. The van der Waals surface area contributed by atoms with Gasteiger partial charge >= 0.3 is 5.97 Å². The maximum atomic E-state index is 13.6. The molecular formula is C23H19NO7S. The minimum absolute atomic E-state index is 0.0424. The van der Waals surface area contributed by atoms with E-state index in [-0.39, 0.29) is 29.0 Å². The molecular weight excluding hydrogens is 434 g/mol. The van der Waals surface area contributed by atoms with Gasteiger partial charge in [0.25, 0.3) is 10.0 Å². The standard InChI is InChI=1S/C23H19NO7S/c25-19-12-17-15(10-11-23(27)28)14-24(18(17)13-20(19)26)32(29,30)22-9-5-4-8-21(22)31-16-6-2-1-3-7-16/h1-9,12-14,25-26H,10-11H2,(H,27,28). The molecule has 0 fully saturated rings. The Morgan fingerprint density at radius 2 is 1.59 bits per heavy atom. The van der Waals surface area contributed by atoms with Gasteiger partial charge in [0.2, 0.25) is 0 Å². The smallest absolute Gasteiger partial charge is 0.303 e. The van der Waals surface area contributed by atoms with Gasteiger partial charge in [0.05, 0.1) is 5.52 Å². The minimum atomic E-state index is -4.21. The number of benzene rings is 3. The number of ether oxygens (including phenoxy) is 1. The summed E-state index contributed by atoms with van der Waals surface area (Å²) in [6.07, 6.45) is 1.12. The molecule has 0 amide bonds. The summed E-state index contributed by atoms with van der Waals surface area (Å²) in [4.78, 5) is 10.9. The van der Waals surface area contributed by atoms with Gasteiger partial charge in [-0.2, -0.15) is 0 Å². The SMILES string of the molecule is O=C(O)CCc1cn(S(=O)(=O)c2ccccc2Oc2ccccc2)c2cc(O)c(O)cc12. The summed E-state index contributed by atoms with van der Waals surface area (Å²) < 4.78 is 34.0. The number of aliphatic carboxylic acids is 1. The molecule has 0 aliphatic rings. The molecule has 0 radical (unpaired) electrons. The topological polar surface area (TPSA) is 126 Å². The van der Waals surface area contributed by atoms with E-state index in [1.807, 2.05) is 6.07 Å². The van der Waals surface area contributed by atoms with Gasteiger partial charge in [-0.05, 0) is 42.3 Å². The number of phenolic OH excluding ortho intramolecular Hbond substituents is 2. The van der Waals surface area contributed by atoms with E-state index in [0.717, 1.165) is 10.0 Å². The second-order valence-electron chi connectivity index (χ2n) is 7.07. The number of hydrogen-bond acceptors (Lipinski definition) is 6. The van der Waals surface area contributed by atoms with Crippen molar-refractivity contribution in [1.29, 1.82) is 0 Å². The van der Waals surface area contributed by atoms with E-state index in [1.165, 1.54) is 24.4 Å². The number of para-hydroxylation sites is 2. The van der Waals surface area contributed by atoms with Gasteiger partial charge in [-0.3, -0.25) is 4.79 Å². The molecule has 4 rings (SSSR count). The van der Waals surface area contributed by atoms with Crippen molar-refractivity contribution in [2.45, 2.75) is 17.7 Å². The van der Waals surface area contributed by atoms with E-state index < -0.39 is 27.5 Å². The summed E-state index contributed by atoms with van der Waals surface area (Å²) in [6, 6.07) is 17.2. The normalized spacial score (nSPS) is 11.5. The van der Waals surface area contributed by atoms with Crippen LogP contribution < -0.4 is 4.74 Å². The van der Waals surface area contributed by atoms with Crippen molar-refractivity contribution in [3.05, 3.63) is 78.5 Å². The first-order valence-corrected chi connectivity index (χ1v) is 11.1. The molecule has 0 spiro atoms. The zero-order valence-electron chi connectivity index (χ0n) is 16.7. The van der Waals surface area contributed by atoms with Crippen molar-refractivity contribution >= 4 is 26.9 Å². The molecule has 0 aliphatic heterocycles. The molecule has 3 N–H and O–H groups in total. The molecule has 4 aromatic rings. The number of carboxylic acid groups (broad SMARTS) is 1. The summed E-state index contributed by atoms with van der Waals surface area (Å²) in [6.45, 7) is 0. The predicted molar refractivity (Wildman–Crippen MR) is 117 cm³/mol. The molecule has 0 saturated heterocycles. The van der Waals surface area contributed by atoms with Crippen LogP contribution in [-0.2, 0) is 21.2 Å². The lowest BCUT2D eigenvalue weighted by atomic mass is 10.1. The van der Waals surface area contributed by atoms with Crippen molar-refractivity contribution in [1.82, 2.24) is 3.97 Å². The van der Waals surface area contributed by atoms with Gasteiger partial charge in [0.1, 0.15) is 16.4 Å². The second-order valence-corrected chi connectivity index (χ2v) is 8.85. The molecule has 8 nitrogen and oxygen atoms in total. The van der Waals surface area contributed by atoms with Crippen LogP contribution in [0.2, 0.25) is 0 Å². The summed E-state index contributed by atoms with van der Waals surface area (Å²) in [5.74, 6) is -1.41. The predicted octanol–water partition coefficient (Wildman–Crippen LogP) is 4.10. The van der Waals surface area contributed by atoms with Crippen molar-refractivity contribution in [3.63, 3.8) is 0 Å². The third-order valence-electron chi connectivity index (χ3n) is 4.91. The fraction of sp³-hybridized carbons (Fsp3) is 0.0870. The number of carboxylic acids is 1. The Balaban J connectivity index is 1.87. The second kappa shape index (κ2) is 8.27.